The number of hydrogen-bond donors (Lipinski definition) is 1. The molecule has 0 aromatic heterocycles. The molecule has 1 aliphatic heterocycles. The van der Waals surface area contributed by atoms with Crippen LogP contribution in [-0.4, -0.2) is 6.34 Å². The second-order valence-corrected chi connectivity index (χ2v) is 2.49. The van der Waals surface area contributed by atoms with Crippen LogP contribution in [0.4, 0.5) is 5.69 Å². The van der Waals surface area contributed by atoms with Crippen LogP contribution in [0.3, 0.4) is 0 Å². The van der Waals surface area contributed by atoms with Crippen molar-refractivity contribution in [3.63, 3.8) is 0 Å². The Bertz CT molecular complexity index is 293. The number of hydrogen-bond acceptors (Lipinski definition) is 3. The molecule has 1 aromatic carbocycles. The average molecular weight is 147 g/mol. The zero-order chi connectivity index (χ0) is 7.68. The van der Waals surface area contributed by atoms with E-state index in [1.54, 1.807) is 11.3 Å². The van der Waals surface area contributed by atoms with Crippen molar-refractivity contribution in [3.05, 3.63) is 29.8 Å². The van der Waals surface area contributed by atoms with Crippen LogP contribution in [0.2, 0.25) is 0 Å². The average Bonchev–Trinajstić information content (AvgIpc) is 2.06. The second kappa shape index (κ2) is 2.36. The quantitative estimate of drug-likeness (QED) is 0.554. The van der Waals surface area contributed by atoms with Crippen LogP contribution in [0.1, 0.15) is 5.56 Å². The Morgan fingerprint density at radius 3 is 3.00 bits per heavy atom. The molecule has 0 unspecified atom stereocenters. The minimum Gasteiger partial charge on any atom is -0.269 e. The van der Waals surface area contributed by atoms with Gasteiger partial charge in [0.25, 0.3) is 0 Å². The van der Waals surface area contributed by atoms with Crippen molar-refractivity contribution in [2.24, 2.45) is 10.8 Å². The van der Waals surface area contributed by atoms with E-state index in [4.69, 9.17) is 5.84 Å². The summed E-state index contributed by atoms with van der Waals surface area (Å²) in [5.41, 5.74) is 2.22. The maximum Gasteiger partial charge on any atom is 0.104 e. The van der Waals surface area contributed by atoms with Gasteiger partial charge in [-0.1, -0.05) is 18.2 Å². The number of para-hydroxylation sites is 1. The molecule has 0 fully saturated rings. The van der Waals surface area contributed by atoms with Crippen LogP contribution >= 0.6 is 0 Å². The van der Waals surface area contributed by atoms with E-state index in [2.05, 4.69) is 4.99 Å². The Labute approximate surface area is 65.1 Å². The minimum atomic E-state index is 0.740. The molecule has 56 valence electrons. The van der Waals surface area contributed by atoms with E-state index in [1.807, 2.05) is 24.3 Å². The van der Waals surface area contributed by atoms with Crippen LogP contribution in [0.25, 0.3) is 0 Å². The highest BCUT2D eigenvalue weighted by Crippen LogP contribution is 2.20. The number of hydrazine groups is 1. The number of nitrogens with two attached hydrogens (primary N) is 1. The lowest BCUT2D eigenvalue weighted by molar-refractivity contribution is 0.987. The molecule has 11 heavy (non-hydrogen) atoms. The van der Waals surface area contributed by atoms with Gasteiger partial charge in [0.05, 0.1) is 12.2 Å². The van der Waals surface area contributed by atoms with Crippen molar-refractivity contribution in [3.8, 4) is 0 Å². The lowest BCUT2D eigenvalue weighted by Gasteiger charge is -2.19. The maximum atomic E-state index is 5.63. The van der Waals surface area contributed by atoms with Crippen molar-refractivity contribution < 1.29 is 0 Å². The Balaban J connectivity index is 2.50. The summed E-state index contributed by atoms with van der Waals surface area (Å²) < 4.78 is 0. The molecule has 1 heterocycles. The first-order valence-corrected chi connectivity index (χ1v) is 3.50. The number of benzene rings is 1. The van der Waals surface area contributed by atoms with Crippen molar-refractivity contribution in [2.45, 2.75) is 6.54 Å². The first-order chi connectivity index (χ1) is 5.38. The smallest absolute Gasteiger partial charge is 0.104 e. The van der Waals surface area contributed by atoms with Gasteiger partial charge in [-0.15, -0.1) is 0 Å². The predicted octanol–water partition coefficient (Wildman–Crippen LogP) is 0.909. The molecule has 0 aliphatic carbocycles. The van der Waals surface area contributed by atoms with Crippen LogP contribution < -0.4 is 10.9 Å². The maximum absolute atomic E-state index is 5.63. The zero-order valence-corrected chi connectivity index (χ0v) is 6.07. The molecule has 0 amide bonds. The molecule has 0 bridgehead atoms. The topological polar surface area (TPSA) is 41.6 Å². The molecule has 3 heteroatoms. The number of nitrogens with zero attached hydrogens (tertiary/aromatic N) is 2. The van der Waals surface area contributed by atoms with E-state index in [-0.39, 0.29) is 0 Å². The van der Waals surface area contributed by atoms with Gasteiger partial charge in [-0.2, -0.15) is 0 Å². The highest BCUT2D eigenvalue weighted by atomic mass is 15.4. The standard InChI is InChI=1S/C8H9N3/c9-11-6-10-5-7-3-1-2-4-8(7)11/h1-4,6H,5,9H2. The lowest BCUT2D eigenvalue weighted by Crippen LogP contribution is -2.31. The Morgan fingerprint density at radius 2 is 2.18 bits per heavy atom. The highest BCUT2D eigenvalue weighted by Gasteiger charge is 2.07. The van der Waals surface area contributed by atoms with Gasteiger partial charge in [0.15, 0.2) is 0 Å². The van der Waals surface area contributed by atoms with E-state index >= 15 is 0 Å². The fraction of sp³-hybridized carbons (Fsp3) is 0.125. The summed E-state index contributed by atoms with van der Waals surface area (Å²) in [5, 5.41) is 1.54. The van der Waals surface area contributed by atoms with Gasteiger partial charge >= 0.3 is 0 Å². The summed E-state index contributed by atoms with van der Waals surface area (Å²) in [6.45, 7) is 0.740. The molecule has 0 radical (unpaired) electrons. The predicted molar refractivity (Wildman–Crippen MR) is 45.3 cm³/mol. The molecule has 1 aliphatic rings. The molecule has 1 aromatic rings. The molecule has 0 atom stereocenters. The fourth-order valence-electron chi connectivity index (χ4n) is 1.19. The number of anilines is 1. The highest BCUT2D eigenvalue weighted by molar-refractivity contribution is 5.81. The van der Waals surface area contributed by atoms with Crippen LogP contribution in [0, 0.1) is 0 Å². The summed E-state index contributed by atoms with van der Waals surface area (Å²) in [5.74, 6) is 5.63. The fourth-order valence-corrected chi connectivity index (χ4v) is 1.19. The third kappa shape index (κ3) is 0.991. The third-order valence-electron chi connectivity index (χ3n) is 1.74. The summed E-state index contributed by atoms with van der Waals surface area (Å²) in [4.78, 5) is 4.08. The third-order valence-corrected chi connectivity index (χ3v) is 1.74. The van der Waals surface area contributed by atoms with Crippen molar-refractivity contribution >= 4 is 12.0 Å². The molecule has 2 rings (SSSR count). The normalized spacial score (nSPS) is 14.8. The Hall–Kier alpha value is -1.35. The number of rotatable bonds is 0. The molecule has 0 spiro atoms. The van der Waals surface area contributed by atoms with Crippen LogP contribution in [0.5, 0.6) is 0 Å². The minimum absolute atomic E-state index is 0.740. The molecular weight excluding hydrogens is 138 g/mol. The second-order valence-electron chi connectivity index (χ2n) is 2.49. The van der Waals surface area contributed by atoms with Gasteiger partial charge in [0.2, 0.25) is 0 Å². The summed E-state index contributed by atoms with van der Waals surface area (Å²) in [6, 6.07) is 7.98. The SMILES string of the molecule is NN1C=NCc2ccccc21. The number of aliphatic imine (C=N–C) groups is 1. The molecule has 3 nitrogen and oxygen atoms in total. The first kappa shape index (κ1) is 6.37. The van der Waals surface area contributed by atoms with Crippen molar-refractivity contribution in [2.75, 3.05) is 5.01 Å². The largest absolute Gasteiger partial charge is 0.269 e. The molecule has 0 saturated carbocycles. The van der Waals surface area contributed by atoms with Gasteiger partial charge in [0, 0.05) is 0 Å². The first-order valence-electron chi connectivity index (χ1n) is 3.50. The van der Waals surface area contributed by atoms with E-state index in [0.29, 0.717) is 0 Å². The molecular formula is C8H9N3. The van der Waals surface area contributed by atoms with Gasteiger partial charge in [0.1, 0.15) is 6.34 Å². The van der Waals surface area contributed by atoms with E-state index in [9.17, 15) is 0 Å². The lowest BCUT2D eigenvalue weighted by atomic mass is 10.1. The summed E-state index contributed by atoms with van der Waals surface area (Å²) >= 11 is 0. The van der Waals surface area contributed by atoms with Crippen LogP contribution in [0.15, 0.2) is 29.3 Å². The summed E-state index contributed by atoms with van der Waals surface area (Å²) in [7, 11) is 0. The van der Waals surface area contributed by atoms with E-state index in [1.165, 1.54) is 5.56 Å². The number of fused-ring (bicyclic) bond motifs is 1. The van der Waals surface area contributed by atoms with Gasteiger partial charge in [-0.25, -0.2) is 5.84 Å². The van der Waals surface area contributed by atoms with Gasteiger partial charge in [-0.3, -0.25) is 10.0 Å². The summed E-state index contributed by atoms with van der Waals surface area (Å²) in [6.07, 6.45) is 1.64. The van der Waals surface area contributed by atoms with Crippen molar-refractivity contribution in [1.82, 2.24) is 0 Å². The van der Waals surface area contributed by atoms with Crippen LogP contribution in [-0.2, 0) is 6.54 Å². The Kier molecular flexibility index (Phi) is 1.36. The van der Waals surface area contributed by atoms with Gasteiger partial charge < -0.3 is 0 Å². The van der Waals surface area contributed by atoms with Gasteiger partial charge in [-0.05, 0) is 11.6 Å². The van der Waals surface area contributed by atoms with Crippen molar-refractivity contribution in [1.29, 1.82) is 0 Å². The van der Waals surface area contributed by atoms with E-state index < -0.39 is 0 Å². The van der Waals surface area contributed by atoms with E-state index in [0.717, 1.165) is 12.2 Å². The monoisotopic (exact) mass is 147 g/mol. The zero-order valence-electron chi connectivity index (χ0n) is 6.07. The molecule has 0 saturated heterocycles. The Morgan fingerprint density at radius 1 is 1.36 bits per heavy atom. The molecule has 2 N–H and O–H groups in total.